The molecule has 3 aliphatic heterocycles. The number of amidine groups is 1. The molecule has 3 heterocycles. The molecule has 13 heteroatoms. The second-order valence-corrected chi connectivity index (χ2v) is 10.9. The second-order valence-electron chi connectivity index (χ2n) is 7.18. The fourth-order valence-electron chi connectivity index (χ4n) is 3.41. The molecule has 0 aromatic heterocycles. The van der Waals surface area contributed by atoms with E-state index in [9.17, 15) is 21.6 Å². The SMILES string of the molecule is COc1ccc(S(=O)(=O)N2CCOCC2)cc1NC(=O)C1=CN2CCS(=O)(=O)N=C2C=C1. The average molecular weight is 483 g/mol. The van der Waals surface area contributed by atoms with E-state index in [4.69, 9.17) is 9.47 Å². The first kappa shape index (κ1) is 22.5. The molecular weight excluding hydrogens is 460 g/mol. The molecular formula is C19H22N4O7S2. The minimum Gasteiger partial charge on any atom is -0.495 e. The third kappa shape index (κ3) is 4.55. The maximum Gasteiger partial charge on any atom is 0.257 e. The van der Waals surface area contributed by atoms with Gasteiger partial charge in [0.2, 0.25) is 10.0 Å². The maximum atomic E-state index is 13.0. The maximum absolute atomic E-state index is 13.0. The van der Waals surface area contributed by atoms with Crippen LogP contribution in [0.3, 0.4) is 0 Å². The molecule has 32 heavy (non-hydrogen) atoms. The molecule has 4 rings (SSSR count). The third-order valence-corrected chi connectivity index (χ3v) is 8.17. The lowest BCUT2D eigenvalue weighted by molar-refractivity contribution is -0.112. The highest BCUT2D eigenvalue weighted by Crippen LogP contribution is 2.30. The lowest BCUT2D eigenvalue weighted by Gasteiger charge is -2.27. The Morgan fingerprint density at radius 2 is 1.94 bits per heavy atom. The van der Waals surface area contributed by atoms with Gasteiger partial charge in [-0.25, -0.2) is 16.8 Å². The van der Waals surface area contributed by atoms with Crippen LogP contribution < -0.4 is 10.1 Å². The molecule has 3 aliphatic rings. The molecule has 0 atom stereocenters. The zero-order valence-corrected chi connectivity index (χ0v) is 18.9. The van der Waals surface area contributed by atoms with Gasteiger partial charge in [0.05, 0.1) is 42.2 Å². The molecule has 0 unspecified atom stereocenters. The molecule has 1 saturated heterocycles. The van der Waals surface area contributed by atoms with Crippen LogP contribution in [-0.4, -0.2) is 83.5 Å². The second kappa shape index (κ2) is 8.65. The van der Waals surface area contributed by atoms with Crippen LogP contribution in [0.5, 0.6) is 5.75 Å². The minimum absolute atomic E-state index is 0.0272. The molecule has 1 fully saturated rings. The van der Waals surface area contributed by atoms with Crippen LogP contribution in [-0.2, 0) is 29.6 Å². The summed E-state index contributed by atoms with van der Waals surface area (Å²) in [6.07, 6.45) is 4.40. The highest BCUT2D eigenvalue weighted by atomic mass is 32.2. The van der Waals surface area contributed by atoms with Crippen LogP contribution in [0.1, 0.15) is 0 Å². The summed E-state index contributed by atoms with van der Waals surface area (Å²) in [4.78, 5) is 14.5. The first-order valence-corrected chi connectivity index (χ1v) is 12.8. The van der Waals surface area contributed by atoms with Crippen molar-refractivity contribution in [3.63, 3.8) is 0 Å². The Balaban J connectivity index is 1.58. The minimum atomic E-state index is -3.76. The lowest BCUT2D eigenvalue weighted by Crippen LogP contribution is -2.40. The van der Waals surface area contributed by atoms with Gasteiger partial charge < -0.3 is 19.7 Å². The predicted octanol–water partition coefficient (Wildman–Crippen LogP) is 0.152. The average Bonchev–Trinajstić information content (AvgIpc) is 2.78. The van der Waals surface area contributed by atoms with Gasteiger partial charge in [-0.1, -0.05) is 0 Å². The van der Waals surface area contributed by atoms with Crippen molar-refractivity contribution in [2.24, 2.45) is 4.40 Å². The lowest BCUT2D eigenvalue weighted by atomic mass is 10.1. The van der Waals surface area contributed by atoms with Gasteiger partial charge in [-0.05, 0) is 30.4 Å². The quantitative estimate of drug-likeness (QED) is 0.627. The van der Waals surface area contributed by atoms with Crippen molar-refractivity contribution in [1.29, 1.82) is 0 Å². The molecule has 0 aliphatic carbocycles. The van der Waals surface area contributed by atoms with Gasteiger partial charge in [-0.3, -0.25) is 4.79 Å². The summed E-state index contributed by atoms with van der Waals surface area (Å²) in [5.74, 6) is -0.117. The first-order valence-electron chi connectivity index (χ1n) is 9.76. The number of amides is 1. The van der Waals surface area contributed by atoms with E-state index in [-0.39, 0.29) is 47.4 Å². The van der Waals surface area contributed by atoms with E-state index in [0.717, 1.165) is 0 Å². The van der Waals surface area contributed by atoms with Crippen LogP contribution in [0.4, 0.5) is 5.69 Å². The van der Waals surface area contributed by atoms with Gasteiger partial charge in [0.25, 0.3) is 15.9 Å². The van der Waals surface area contributed by atoms with Gasteiger partial charge in [-0.2, -0.15) is 4.31 Å². The van der Waals surface area contributed by atoms with E-state index in [1.54, 1.807) is 4.90 Å². The molecule has 0 radical (unpaired) electrons. The standard InChI is InChI=1S/C19H22N4O7S2/c1-29-17-4-3-15(32(27,28)23-6-9-30-10-7-23)12-16(17)20-19(24)14-2-5-18-21-31(25,26)11-8-22(18)13-14/h2-5,12-13H,6-11H2,1H3,(H,20,24). The topological polar surface area (TPSA) is 135 Å². The van der Waals surface area contributed by atoms with Crippen LogP contribution in [0.15, 0.2) is 51.4 Å². The number of fused-ring (bicyclic) bond motifs is 1. The number of hydrogen-bond acceptors (Lipinski definition) is 8. The number of sulfonamides is 2. The van der Waals surface area contributed by atoms with Gasteiger partial charge in [0.1, 0.15) is 11.6 Å². The summed E-state index contributed by atoms with van der Waals surface area (Å²) in [6.45, 7) is 1.33. The van der Waals surface area contributed by atoms with Gasteiger partial charge >= 0.3 is 0 Å². The van der Waals surface area contributed by atoms with Gasteiger partial charge in [-0.15, -0.1) is 4.40 Å². The Kier molecular flexibility index (Phi) is 6.07. The van der Waals surface area contributed by atoms with Crippen molar-refractivity contribution >= 4 is 37.5 Å². The van der Waals surface area contributed by atoms with Crippen molar-refractivity contribution in [1.82, 2.24) is 9.21 Å². The molecule has 11 nitrogen and oxygen atoms in total. The number of carbonyl (C=O) groups is 1. The van der Waals surface area contributed by atoms with Crippen molar-refractivity contribution in [3.05, 3.63) is 42.1 Å². The molecule has 172 valence electrons. The van der Waals surface area contributed by atoms with Crippen molar-refractivity contribution in [2.75, 3.05) is 51.0 Å². The Morgan fingerprint density at radius 1 is 1.19 bits per heavy atom. The molecule has 1 amide bonds. The molecule has 0 saturated carbocycles. The Hall–Kier alpha value is -2.74. The van der Waals surface area contributed by atoms with Crippen LogP contribution in [0.25, 0.3) is 0 Å². The number of benzene rings is 1. The monoisotopic (exact) mass is 482 g/mol. The summed E-state index contributed by atoms with van der Waals surface area (Å²) in [5, 5.41) is 2.68. The van der Waals surface area contributed by atoms with Crippen LogP contribution in [0, 0.1) is 0 Å². The van der Waals surface area contributed by atoms with Crippen molar-refractivity contribution in [3.8, 4) is 5.75 Å². The number of methoxy groups -OCH3 is 1. The summed E-state index contributed by atoms with van der Waals surface area (Å²) in [6, 6.07) is 4.26. The number of hydrogen-bond donors (Lipinski definition) is 1. The fraction of sp³-hybridized carbons (Fsp3) is 0.368. The van der Waals surface area contributed by atoms with E-state index in [0.29, 0.717) is 19.0 Å². The number of ether oxygens (including phenoxy) is 2. The molecule has 1 aromatic carbocycles. The molecule has 0 bridgehead atoms. The number of morpholine rings is 1. The van der Waals surface area contributed by atoms with Crippen molar-refractivity contribution < 1.29 is 31.1 Å². The van der Waals surface area contributed by atoms with E-state index in [1.807, 2.05) is 0 Å². The number of nitrogens with one attached hydrogen (secondary N) is 1. The highest BCUT2D eigenvalue weighted by molar-refractivity contribution is 7.90. The smallest absolute Gasteiger partial charge is 0.257 e. The van der Waals surface area contributed by atoms with Crippen molar-refractivity contribution in [2.45, 2.75) is 4.90 Å². The molecule has 0 spiro atoms. The predicted molar refractivity (Wildman–Crippen MR) is 116 cm³/mol. The summed E-state index contributed by atoms with van der Waals surface area (Å²) < 4.78 is 64.7. The first-order chi connectivity index (χ1) is 15.2. The normalized spacial score (nSPS) is 20.7. The number of carbonyl (C=O) groups excluding carboxylic acids is 1. The Bertz CT molecular complexity index is 1230. The Labute approximate surface area is 186 Å². The van der Waals surface area contributed by atoms with E-state index >= 15 is 0 Å². The van der Waals surface area contributed by atoms with Gasteiger partial charge in [0.15, 0.2) is 0 Å². The summed E-state index contributed by atoms with van der Waals surface area (Å²) >= 11 is 0. The zero-order chi connectivity index (χ0) is 22.9. The number of nitrogens with zero attached hydrogens (tertiary/aromatic N) is 3. The molecule has 1 N–H and O–H groups in total. The van der Waals surface area contributed by atoms with Gasteiger partial charge in [0, 0.05) is 25.8 Å². The zero-order valence-electron chi connectivity index (χ0n) is 17.2. The fourth-order valence-corrected chi connectivity index (χ4v) is 5.82. The van der Waals surface area contributed by atoms with Crippen LogP contribution >= 0.6 is 0 Å². The third-order valence-electron chi connectivity index (χ3n) is 5.11. The number of anilines is 1. The van der Waals surface area contributed by atoms with E-state index < -0.39 is 26.0 Å². The number of rotatable bonds is 5. The Morgan fingerprint density at radius 3 is 2.66 bits per heavy atom. The summed E-state index contributed by atoms with van der Waals surface area (Å²) in [7, 11) is -5.84. The largest absolute Gasteiger partial charge is 0.495 e. The van der Waals surface area contributed by atoms with Crippen LogP contribution in [0.2, 0.25) is 0 Å². The molecule has 1 aromatic rings. The highest BCUT2D eigenvalue weighted by Gasteiger charge is 2.28. The van der Waals surface area contributed by atoms with E-state index in [2.05, 4.69) is 9.71 Å². The summed E-state index contributed by atoms with van der Waals surface area (Å²) in [5.41, 5.74) is 0.452. The van der Waals surface area contributed by atoms with E-state index in [1.165, 1.54) is 48.0 Å².